The number of rotatable bonds is 3. The van der Waals surface area contributed by atoms with Crippen molar-refractivity contribution in [3.63, 3.8) is 0 Å². The topological polar surface area (TPSA) is 12.0 Å². The van der Waals surface area contributed by atoms with Crippen molar-refractivity contribution >= 4 is 11.8 Å². The molecule has 1 heterocycles. The van der Waals surface area contributed by atoms with E-state index in [-0.39, 0.29) is 0 Å². The normalized spacial score (nSPS) is 32.7. The van der Waals surface area contributed by atoms with Crippen LogP contribution in [-0.2, 0) is 0 Å². The molecule has 3 atom stereocenters. The van der Waals surface area contributed by atoms with Gasteiger partial charge in [0.15, 0.2) is 0 Å². The molecule has 1 aromatic rings. The maximum atomic E-state index is 3.68. The Hall–Kier alpha value is -0.470. The third-order valence-corrected chi connectivity index (χ3v) is 4.79. The molecule has 1 aromatic carbocycles. The predicted octanol–water partition coefficient (Wildman–Crippen LogP) is 2.87. The van der Waals surface area contributed by atoms with Crippen LogP contribution in [0.5, 0.6) is 0 Å². The first-order valence-corrected chi connectivity index (χ1v) is 6.78. The van der Waals surface area contributed by atoms with Crippen molar-refractivity contribution in [1.82, 2.24) is 5.32 Å². The molecule has 2 heteroatoms. The van der Waals surface area contributed by atoms with Crippen LogP contribution in [0.3, 0.4) is 0 Å². The summed E-state index contributed by atoms with van der Waals surface area (Å²) in [5.74, 6) is 2.90. The predicted molar refractivity (Wildman–Crippen MR) is 65.5 cm³/mol. The van der Waals surface area contributed by atoms with Crippen molar-refractivity contribution < 1.29 is 0 Å². The Labute approximate surface area is 95.6 Å². The number of hydrogen-bond acceptors (Lipinski definition) is 2. The lowest BCUT2D eigenvalue weighted by Gasteiger charge is -2.11. The van der Waals surface area contributed by atoms with Crippen molar-refractivity contribution in [3.05, 3.63) is 29.8 Å². The number of hydrogen-bond donors (Lipinski definition) is 1. The molecule has 0 saturated heterocycles. The number of thioether (sulfide) groups is 1. The molecule has 1 fully saturated rings. The van der Waals surface area contributed by atoms with Crippen molar-refractivity contribution in [1.29, 1.82) is 0 Å². The van der Waals surface area contributed by atoms with E-state index in [4.69, 9.17) is 0 Å². The standard InChI is InChI=1S/C13H17NS/c1-9-6-12(9)14-7-10-8-15-13-5-3-2-4-11(10)13/h2-5,9-10,12,14H,6-8H2,1H3. The SMILES string of the molecule is CC1CC1NCC1CSc2ccccc21. The highest BCUT2D eigenvalue weighted by Gasteiger charge is 2.33. The molecule has 3 unspecified atom stereocenters. The fraction of sp³-hybridized carbons (Fsp3) is 0.538. The van der Waals surface area contributed by atoms with Crippen LogP contribution in [0.4, 0.5) is 0 Å². The van der Waals surface area contributed by atoms with E-state index in [1.165, 1.54) is 23.6 Å². The maximum Gasteiger partial charge on any atom is 0.0108 e. The third kappa shape index (κ3) is 1.93. The molecule has 0 spiro atoms. The summed E-state index contributed by atoms with van der Waals surface area (Å²) in [5, 5.41) is 3.68. The van der Waals surface area contributed by atoms with Crippen LogP contribution >= 0.6 is 11.8 Å². The zero-order valence-corrected chi connectivity index (χ0v) is 9.89. The summed E-state index contributed by atoms with van der Waals surface area (Å²) in [4.78, 5) is 1.49. The van der Waals surface area contributed by atoms with E-state index >= 15 is 0 Å². The van der Waals surface area contributed by atoms with Gasteiger partial charge in [-0.1, -0.05) is 25.1 Å². The van der Waals surface area contributed by atoms with Crippen LogP contribution in [0.2, 0.25) is 0 Å². The van der Waals surface area contributed by atoms with Crippen LogP contribution < -0.4 is 5.32 Å². The van der Waals surface area contributed by atoms with Gasteiger partial charge in [0.1, 0.15) is 0 Å². The van der Waals surface area contributed by atoms with E-state index in [0.29, 0.717) is 0 Å². The molecular formula is C13H17NS. The first-order chi connectivity index (χ1) is 7.34. The summed E-state index contributed by atoms with van der Waals surface area (Å²) in [6.07, 6.45) is 1.38. The first-order valence-electron chi connectivity index (χ1n) is 5.79. The number of benzene rings is 1. The Kier molecular flexibility index (Phi) is 2.49. The van der Waals surface area contributed by atoms with Crippen molar-refractivity contribution in [2.75, 3.05) is 12.3 Å². The summed E-state index contributed by atoms with van der Waals surface area (Å²) in [5.41, 5.74) is 1.56. The number of fused-ring (bicyclic) bond motifs is 1. The van der Waals surface area contributed by atoms with Crippen LogP contribution in [-0.4, -0.2) is 18.3 Å². The Morgan fingerprint density at radius 3 is 3.00 bits per heavy atom. The molecule has 0 bridgehead atoms. The van der Waals surface area contributed by atoms with E-state index in [2.05, 4.69) is 36.5 Å². The molecular weight excluding hydrogens is 202 g/mol. The van der Waals surface area contributed by atoms with E-state index in [0.717, 1.165) is 17.9 Å². The zero-order chi connectivity index (χ0) is 10.3. The number of nitrogens with one attached hydrogen (secondary N) is 1. The van der Waals surface area contributed by atoms with Gasteiger partial charge < -0.3 is 5.32 Å². The molecule has 15 heavy (non-hydrogen) atoms. The minimum atomic E-state index is 0.735. The van der Waals surface area contributed by atoms with Gasteiger partial charge in [-0.15, -0.1) is 11.8 Å². The van der Waals surface area contributed by atoms with Crippen LogP contribution in [0.1, 0.15) is 24.8 Å². The van der Waals surface area contributed by atoms with Gasteiger partial charge in [0.2, 0.25) is 0 Å². The van der Waals surface area contributed by atoms with Gasteiger partial charge >= 0.3 is 0 Å². The molecule has 3 rings (SSSR count). The molecule has 1 N–H and O–H groups in total. The summed E-state index contributed by atoms with van der Waals surface area (Å²) in [7, 11) is 0. The molecule has 80 valence electrons. The Bertz CT molecular complexity index is 363. The van der Waals surface area contributed by atoms with Crippen molar-refractivity contribution in [2.24, 2.45) is 5.92 Å². The second kappa shape index (κ2) is 3.84. The van der Waals surface area contributed by atoms with Gasteiger partial charge in [-0.05, 0) is 24.0 Å². The summed E-state index contributed by atoms with van der Waals surface area (Å²) in [6, 6.07) is 9.66. The molecule has 0 radical (unpaired) electrons. The third-order valence-electron chi connectivity index (χ3n) is 3.53. The molecule has 2 aliphatic rings. The molecule has 1 aliphatic heterocycles. The van der Waals surface area contributed by atoms with Gasteiger partial charge in [0.05, 0.1) is 0 Å². The Morgan fingerprint density at radius 2 is 2.20 bits per heavy atom. The van der Waals surface area contributed by atoms with Gasteiger partial charge in [0.25, 0.3) is 0 Å². The average Bonchev–Trinajstić information content (AvgIpc) is 2.81. The van der Waals surface area contributed by atoms with Crippen molar-refractivity contribution in [3.8, 4) is 0 Å². The minimum absolute atomic E-state index is 0.735. The van der Waals surface area contributed by atoms with Crippen LogP contribution in [0.25, 0.3) is 0 Å². The minimum Gasteiger partial charge on any atom is -0.313 e. The highest BCUT2D eigenvalue weighted by atomic mass is 32.2. The monoisotopic (exact) mass is 219 g/mol. The van der Waals surface area contributed by atoms with Gasteiger partial charge in [-0.2, -0.15) is 0 Å². The van der Waals surface area contributed by atoms with E-state index in [9.17, 15) is 0 Å². The summed E-state index contributed by atoms with van der Waals surface area (Å²) in [6.45, 7) is 3.49. The highest BCUT2D eigenvalue weighted by molar-refractivity contribution is 7.99. The molecule has 0 aromatic heterocycles. The second-order valence-electron chi connectivity index (χ2n) is 4.77. The lowest BCUT2D eigenvalue weighted by Crippen LogP contribution is -2.24. The lowest BCUT2D eigenvalue weighted by atomic mass is 10.0. The quantitative estimate of drug-likeness (QED) is 0.839. The lowest BCUT2D eigenvalue weighted by molar-refractivity contribution is 0.598. The molecule has 1 aliphatic carbocycles. The molecule has 1 saturated carbocycles. The van der Waals surface area contributed by atoms with Crippen LogP contribution in [0, 0.1) is 5.92 Å². The maximum absolute atomic E-state index is 3.68. The largest absolute Gasteiger partial charge is 0.313 e. The van der Waals surface area contributed by atoms with E-state index in [1.807, 2.05) is 11.8 Å². The van der Waals surface area contributed by atoms with Gasteiger partial charge in [-0.25, -0.2) is 0 Å². The van der Waals surface area contributed by atoms with E-state index < -0.39 is 0 Å². The van der Waals surface area contributed by atoms with Gasteiger partial charge in [-0.3, -0.25) is 0 Å². The Balaban J connectivity index is 1.64. The second-order valence-corrected chi connectivity index (χ2v) is 5.84. The fourth-order valence-electron chi connectivity index (χ4n) is 2.30. The smallest absolute Gasteiger partial charge is 0.0108 e. The highest BCUT2D eigenvalue weighted by Crippen LogP contribution is 2.39. The van der Waals surface area contributed by atoms with E-state index in [1.54, 1.807) is 5.56 Å². The van der Waals surface area contributed by atoms with Gasteiger partial charge in [0, 0.05) is 29.2 Å². The van der Waals surface area contributed by atoms with Crippen molar-refractivity contribution in [2.45, 2.75) is 30.2 Å². The first kappa shape index (κ1) is 9.73. The zero-order valence-electron chi connectivity index (χ0n) is 9.07. The molecule has 1 nitrogen and oxygen atoms in total. The van der Waals surface area contributed by atoms with Crippen LogP contribution in [0.15, 0.2) is 29.2 Å². The summed E-state index contributed by atoms with van der Waals surface area (Å²) < 4.78 is 0. The summed E-state index contributed by atoms with van der Waals surface area (Å²) >= 11 is 2.01. The fourth-order valence-corrected chi connectivity index (χ4v) is 3.55. The Morgan fingerprint density at radius 1 is 1.40 bits per heavy atom. The molecule has 0 amide bonds. The average molecular weight is 219 g/mol.